The lowest BCUT2D eigenvalue weighted by molar-refractivity contribution is -0.130. The molecule has 0 N–H and O–H groups in total. The largest absolute Gasteiger partial charge is 0.338 e. The fraction of sp³-hybridized carbons (Fsp3) is 0.269. The van der Waals surface area contributed by atoms with Crippen LogP contribution in [0.2, 0.25) is 0 Å². The van der Waals surface area contributed by atoms with Crippen LogP contribution in [-0.4, -0.2) is 50.8 Å². The van der Waals surface area contributed by atoms with Crippen LogP contribution in [0.1, 0.15) is 23.7 Å². The number of halogens is 1. The number of rotatable bonds is 9. The molecule has 4 rings (SSSR count). The highest BCUT2D eigenvalue weighted by atomic mass is 19.1. The third-order valence-corrected chi connectivity index (χ3v) is 5.90. The van der Waals surface area contributed by atoms with Gasteiger partial charge in [-0.1, -0.05) is 36.4 Å². The van der Waals surface area contributed by atoms with E-state index in [-0.39, 0.29) is 30.1 Å². The van der Waals surface area contributed by atoms with Crippen molar-refractivity contribution in [2.75, 3.05) is 19.6 Å². The smallest absolute Gasteiger partial charge is 0.243 e. The molecular weight excluding hydrogens is 419 g/mol. The lowest BCUT2D eigenvalue weighted by Crippen LogP contribution is -2.34. The average Bonchev–Trinajstić information content (AvgIpc) is 3.35. The second kappa shape index (κ2) is 9.81. The first kappa shape index (κ1) is 22.5. The summed E-state index contributed by atoms with van der Waals surface area (Å²) in [6.07, 6.45) is 3.70. The molecule has 1 aliphatic heterocycles. The van der Waals surface area contributed by atoms with E-state index in [2.05, 4.69) is 13.2 Å². The Morgan fingerprint density at radius 1 is 1.12 bits per heavy atom. The van der Waals surface area contributed by atoms with E-state index in [0.717, 1.165) is 22.4 Å². The van der Waals surface area contributed by atoms with E-state index in [0.29, 0.717) is 32.6 Å². The molecule has 0 spiro atoms. The van der Waals surface area contributed by atoms with Crippen LogP contribution in [-0.2, 0) is 22.7 Å². The van der Waals surface area contributed by atoms with Gasteiger partial charge in [0.05, 0.1) is 11.0 Å². The maximum Gasteiger partial charge on any atom is 0.243 e. The van der Waals surface area contributed by atoms with Gasteiger partial charge in [0.15, 0.2) is 0 Å². The van der Waals surface area contributed by atoms with Crippen LogP contribution in [0.4, 0.5) is 4.39 Å². The molecule has 1 aromatic heterocycles. The number of aromatic nitrogens is 2. The fourth-order valence-corrected chi connectivity index (χ4v) is 4.31. The number of imidazole rings is 1. The van der Waals surface area contributed by atoms with Crippen molar-refractivity contribution in [2.45, 2.75) is 25.4 Å². The number of likely N-dealkylation sites (tertiary alicyclic amines) is 1. The molecule has 2 amide bonds. The Bertz CT molecular complexity index is 1170. The van der Waals surface area contributed by atoms with Crippen molar-refractivity contribution >= 4 is 22.8 Å². The average molecular weight is 447 g/mol. The van der Waals surface area contributed by atoms with Gasteiger partial charge in [-0.25, -0.2) is 9.37 Å². The predicted octanol–water partition coefficient (Wildman–Crippen LogP) is 3.89. The lowest BCUT2D eigenvalue weighted by Gasteiger charge is -2.21. The molecule has 0 bridgehead atoms. The molecule has 0 aliphatic carbocycles. The zero-order valence-electron chi connectivity index (χ0n) is 18.5. The standard InChI is InChI=1S/C26H27FN4O2/c1-3-13-29(14-4-2)25(33)18-31-23-8-6-5-7-22(23)28-26(31)20-15-24(32)30(17-20)16-19-9-11-21(27)12-10-19/h3-12,20H,1-2,13-18H2. The maximum absolute atomic E-state index is 13.2. The van der Waals surface area contributed by atoms with Crippen LogP contribution in [0, 0.1) is 5.82 Å². The number of fused-ring (bicyclic) bond motifs is 1. The molecular formula is C26H27FN4O2. The molecule has 1 aliphatic rings. The van der Waals surface area contributed by atoms with Crippen LogP contribution < -0.4 is 0 Å². The molecule has 2 aromatic carbocycles. The Morgan fingerprint density at radius 3 is 2.52 bits per heavy atom. The van der Waals surface area contributed by atoms with Crippen LogP contribution in [0.5, 0.6) is 0 Å². The highest BCUT2D eigenvalue weighted by Gasteiger charge is 2.34. The van der Waals surface area contributed by atoms with Gasteiger partial charge in [-0.2, -0.15) is 0 Å². The van der Waals surface area contributed by atoms with Gasteiger partial charge in [-0.3, -0.25) is 9.59 Å². The summed E-state index contributed by atoms with van der Waals surface area (Å²) in [4.78, 5) is 34.1. The first-order valence-corrected chi connectivity index (χ1v) is 11.0. The minimum absolute atomic E-state index is 0.0224. The molecule has 2 heterocycles. The van der Waals surface area contributed by atoms with Gasteiger partial charge in [0.25, 0.3) is 0 Å². The molecule has 1 unspecified atom stereocenters. The van der Waals surface area contributed by atoms with E-state index >= 15 is 0 Å². The quantitative estimate of drug-likeness (QED) is 0.469. The minimum atomic E-state index is -0.301. The fourth-order valence-electron chi connectivity index (χ4n) is 4.31. The number of hydrogen-bond donors (Lipinski definition) is 0. The summed E-state index contributed by atoms with van der Waals surface area (Å²) in [6, 6.07) is 13.9. The van der Waals surface area contributed by atoms with Crippen LogP contribution in [0.15, 0.2) is 73.8 Å². The van der Waals surface area contributed by atoms with Gasteiger partial charge in [0.1, 0.15) is 18.2 Å². The van der Waals surface area contributed by atoms with E-state index < -0.39 is 0 Å². The van der Waals surface area contributed by atoms with Crippen LogP contribution in [0.3, 0.4) is 0 Å². The molecule has 0 saturated carbocycles. The number of hydrogen-bond acceptors (Lipinski definition) is 3. The van der Waals surface area contributed by atoms with Gasteiger partial charge in [-0.05, 0) is 29.8 Å². The van der Waals surface area contributed by atoms with E-state index in [1.54, 1.807) is 34.1 Å². The molecule has 170 valence electrons. The zero-order chi connectivity index (χ0) is 23.4. The lowest BCUT2D eigenvalue weighted by atomic mass is 10.1. The number of para-hydroxylation sites is 2. The van der Waals surface area contributed by atoms with Crippen LogP contribution >= 0.6 is 0 Å². The predicted molar refractivity (Wildman–Crippen MR) is 126 cm³/mol. The number of benzene rings is 2. The van der Waals surface area contributed by atoms with Gasteiger partial charge in [-0.15, -0.1) is 13.2 Å². The van der Waals surface area contributed by atoms with E-state index in [4.69, 9.17) is 4.98 Å². The topological polar surface area (TPSA) is 58.4 Å². The first-order valence-electron chi connectivity index (χ1n) is 11.0. The Balaban J connectivity index is 1.60. The highest BCUT2D eigenvalue weighted by molar-refractivity contribution is 5.83. The number of carbonyl (C=O) groups is 2. The van der Waals surface area contributed by atoms with Crippen molar-refractivity contribution < 1.29 is 14.0 Å². The molecule has 6 nitrogen and oxygen atoms in total. The minimum Gasteiger partial charge on any atom is -0.338 e. The number of amides is 2. The van der Waals surface area contributed by atoms with Crippen molar-refractivity contribution in [3.63, 3.8) is 0 Å². The summed E-state index contributed by atoms with van der Waals surface area (Å²) in [6.45, 7) is 9.38. The van der Waals surface area contributed by atoms with Gasteiger partial charge in [0, 0.05) is 38.5 Å². The van der Waals surface area contributed by atoms with Crippen molar-refractivity contribution in [3.05, 3.63) is 91.0 Å². The van der Waals surface area contributed by atoms with E-state index in [1.807, 2.05) is 28.8 Å². The molecule has 0 radical (unpaired) electrons. The van der Waals surface area contributed by atoms with Gasteiger partial charge in [0.2, 0.25) is 11.8 Å². The molecule has 33 heavy (non-hydrogen) atoms. The van der Waals surface area contributed by atoms with Gasteiger partial charge >= 0.3 is 0 Å². The summed E-state index contributed by atoms with van der Waals surface area (Å²) >= 11 is 0. The monoisotopic (exact) mass is 446 g/mol. The molecule has 1 saturated heterocycles. The Morgan fingerprint density at radius 2 is 1.82 bits per heavy atom. The normalized spacial score (nSPS) is 15.7. The second-order valence-electron chi connectivity index (χ2n) is 8.22. The van der Waals surface area contributed by atoms with E-state index in [1.165, 1.54) is 12.1 Å². The highest BCUT2D eigenvalue weighted by Crippen LogP contribution is 2.31. The number of carbonyl (C=O) groups excluding carboxylic acids is 2. The van der Waals surface area contributed by atoms with Crippen LogP contribution in [0.25, 0.3) is 11.0 Å². The molecule has 3 aromatic rings. The Labute approximate surface area is 192 Å². The molecule has 7 heteroatoms. The van der Waals surface area contributed by atoms with E-state index in [9.17, 15) is 14.0 Å². The summed E-state index contributed by atoms with van der Waals surface area (Å²) in [5.74, 6) is 0.257. The summed E-state index contributed by atoms with van der Waals surface area (Å²) < 4.78 is 15.2. The zero-order valence-corrected chi connectivity index (χ0v) is 18.5. The Hall–Kier alpha value is -3.74. The van der Waals surface area contributed by atoms with Crippen molar-refractivity contribution in [2.24, 2.45) is 0 Å². The first-order chi connectivity index (χ1) is 16.0. The Kier molecular flexibility index (Phi) is 6.68. The molecule has 1 atom stereocenters. The van der Waals surface area contributed by atoms with Gasteiger partial charge < -0.3 is 14.4 Å². The van der Waals surface area contributed by atoms with Crippen molar-refractivity contribution in [1.82, 2.24) is 19.4 Å². The summed E-state index contributed by atoms with van der Waals surface area (Å²) in [5.41, 5.74) is 2.53. The SMILES string of the molecule is C=CCN(CC=C)C(=O)Cn1c(C2CC(=O)N(Cc3ccc(F)cc3)C2)nc2ccccc21. The maximum atomic E-state index is 13.2. The molecule has 1 fully saturated rings. The van der Waals surface area contributed by atoms with Crippen molar-refractivity contribution in [1.29, 1.82) is 0 Å². The second-order valence-corrected chi connectivity index (χ2v) is 8.22. The number of nitrogens with zero attached hydrogens (tertiary/aromatic N) is 4. The third kappa shape index (κ3) is 4.87. The summed E-state index contributed by atoms with van der Waals surface area (Å²) in [5, 5.41) is 0. The van der Waals surface area contributed by atoms with Crippen molar-refractivity contribution in [3.8, 4) is 0 Å². The summed E-state index contributed by atoms with van der Waals surface area (Å²) in [7, 11) is 0. The third-order valence-electron chi connectivity index (χ3n) is 5.90.